The molecule has 1 fully saturated rings. The lowest BCUT2D eigenvalue weighted by Gasteiger charge is -2.22. The maximum absolute atomic E-state index is 12.1. The van der Waals surface area contributed by atoms with Crippen LogP contribution in [0, 0.1) is 17.8 Å². The predicted molar refractivity (Wildman–Crippen MR) is 70.1 cm³/mol. The van der Waals surface area contributed by atoms with Crippen LogP contribution >= 0.6 is 0 Å². The molecule has 1 amide bonds. The Balaban J connectivity index is 2.43. The van der Waals surface area contributed by atoms with Crippen LogP contribution in [0.1, 0.15) is 52.9 Å². The van der Waals surface area contributed by atoms with Crippen LogP contribution in [0.25, 0.3) is 0 Å². The Kier molecular flexibility index (Phi) is 5.63. The van der Waals surface area contributed by atoms with Gasteiger partial charge in [0.25, 0.3) is 0 Å². The van der Waals surface area contributed by atoms with Crippen molar-refractivity contribution in [3.63, 3.8) is 0 Å². The lowest BCUT2D eigenvalue weighted by atomic mass is 9.88. The number of carboxylic acid groups (broad SMARTS) is 1. The standard InChI is InChI=1S/C14H25NO3/c1-4-10(5-2)9(3)13(16)15-12-7-6-11(8-12)14(17)18/h9-12H,4-8H2,1-3H3,(H,15,16)(H,17,18)/t9?,11-,12+/m0/s1. The highest BCUT2D eigenvalue weighted by Crippen LogP contribution is 2.27. The zero-order valence-corrected chi connectivity index (χ0v) is 11.6. The van der Waals surface area contributed by atoms with E-state index >= 15 is 0 Å². The minimum atomic E-state index is -0.736. The van der Waals surface area contributed by atoms with E-state index in [1.165, 1.54) is 0 Å². The Labute approximate surface area is 109 Å². The van der Waals surface area contributed by atoms with Gasteiger partial charge in [0, 0.05) is 12.0 Å². The van der Waals surface area contributed by atoms with E-state index in [9.17, 15) is 9.59 Å². The van der Waals surface area contributed by atoms with Crippen LogP contribution in [-0.4, -0.2) is 23.0 Å². The molecule has 0 aromatic heterocycles. The molecule has 0 radical (unpaired) electrons. The molecule has 0 spiro atoms. The van der Waals surface area contributed by atoms with Crippen molar-refractivity contribution in [1.29, 1.82) is 0 Å². The van der Waals surface area contributed by atoms with Gasteiger partial charge in [-0.25, -0.2) is 0 Å². The molecule has 4 heteroatoms. The van der Waals surface area contributed by atoms with Gasteiger partial charge in [0.1, 0.15) is 0 Å². The number of carbonyl (C=O) groups is 2. The van der Waals surface area contributed by atoms with Crippen LogP contribution in [0.3, 0.4) is 0 Å². The third-order valence-corrected chi connectivity index (χ3v) is 4.30. The van der Waals surface area contributed by atoms with E-state index in [1.807, 2.05) is 6.92 Å². The molecule has 1 aliphatic carbocycles. The molecular weight excluding hydrogens is 230 g/mol. The lowest BCUT2D eigenvalue weighted by molar-refractivity contribution is -0.141. The highest BCUT2D eigenvalue weighted by atomic mass is 16.4. The predicted octanol–water partition coefficient (Wildman–Crippen LogP) is 2.43. The second-order valence-corrected chi connectivity index (χ2v) is 5.42. The molecule has 0 aliphatic heterocycles. The quantitative estimate of drug-likeness (QED) is 0.766. The number of amides is 1. The van der Waals surface area contributed by atoms with Gasteiger partial charge in [-0.05, 0) is 25.2 Å². The molecule has 104 valence electrons. The van der Waals surface area contributed by atoms with E-state index in [0.717, 1.165) is 19.3 Å². The third-order valence-electron chi connectivity index (χ3n) is 4.30. The van der Waals surface area contributed by atoms with E-state index in [-0.39, 0.29) is 23.8 Å². The van der Waals surface area contributed by atoms with Crippen molar-refractivity contribution >= 4 is 11.9 Å². The van der Waals surface area contributed by atoms with Gasteiger partial charge in [-0.15, -0.1) is 0 Å². The molecule has 3 atom stereocenters. The Morgan fingerprint density at radius 1 is 1.28 bits per heavy atom. The van der Waals surface area contributed by atoms with Gasteiger partial charge >= 0.3 is 5.97 Å². The first-order valence-corrected chi connectivity index (χ1v) is 7.02. The summed E-state index contributed by atoms with van der Waals surface area (Å²) in [6.07, 6.45) is 4.07. The van der Waals surface area contributed by atoms with Crippen molar-refractivity contribution in [2.75, 3.05) is 0 Å². The Morgan fingerprint density at radius 3 is 2.33 bits per heavy atom. The fraction of sp³-hybridized carbons (Fsp3) is 0.857. The fourth-order valence-corrected chi connectivity index (χ4v) is 2.88. The Hall–Kier alpha value is -1.06. The second kappa shape index (κ2) is 6.76. The van der Waals surface area contributed by atoms with Gasteiger partial charge in [0.2, 0.25) is 5.91 Å². The maximum atomic E-state index is 12.1. The number of rotatable bonds is 6. The minimum Gasteiger partial charge on any atom is -0.481 e. The van der Waals surface area contributed by atoms with Crippen LogP contribution in [0.5, 0.6) is 0 Å². The van der Waals surface area contributed by atoms with Crippen LogP contribution in [0.2, 0.25) is 0 Å². The van der Waals surface area contributed by atoms with Crippen LogP contribution < -0.4 is 5.32 Å². The summed E-state index contributed by atoms with van der Waals surface area (Å²) in [5, 5.41) is 11.9. The Bertz CT molecular complexity index is 299. The smallest absolute Gasteiger partial charge is 0.306 e. The Morgan fingerprint density at radius 2 is 1.89 bits per heavy atom. The molecule has 0 aromatic carbocycles. The molecule has 2 N–H and O–H groups in total. The number of carbonyl (C=O) groups excluding carboxylic acids is 1. The van der Waals surface area contributed by atoms with Crippen molar-refractivity contribution in [3.05, 3.63) is 0 Å². The van der Waals surface area contributed by atoms with E-state index in [4.69, 9.17) is 5.11 Å². The highest BCUT2D eigenvalue weighted by Gasteiger charge is 2.32. The molecule has 0 saturated heterocycles. The fourth-order valence-electron chi connectivity index (χ4n) is 2.88. The zero-order valence-electron chi connectivity index (χ0n) is 11.6. The largest absolute Gasteiger partial charge is 0.481 e. The minimum absolute atomic E-state index is 0.0175. The van der Waals surface area contributed by atoms with Gasteiger partial charge in [0.05, 0.1) is 5.92 Å². The monoisotopic (exact) mass is 255 g/mol. The second-order valence-electron chi connectivity index (χ2n) is 5.42. The van der Waals surface area contributed by atoms with Crippen molar-refractivity contribution in [2.45, 2.75) is 58.9 Å². The van der Waals surface area contributed by atoms with Crippen LogP contribution in [0.4, 0.5) is 0 Å². The summed E-state index contributed by atoms with van der Waals surface area (Å²) < 4.78 is 0. The number of hydrogen-bond donors (Lipinski definition) is 2. The first kappa shape index (κ1) is 15.0. The molecule has 1 saturated carbocycles. The normalized spacial score (nSPS) is 25.1. The van der Waals surface area contributed by atoms with E-state index in [1.54, 1.807) is 0 Å². The summed E-state index contributed by atoms with van der Waals surface area (Å²) >= 11 is 0. The number of carboxylic acids is 1. The summed E-state index contributed by atoms with van der Waals surface area (Å²) in [7, 11) is 0. The lowest BCUT2D eigenvalue weighted by Crippen LogP contribution is -2.39. The molecule has 1 aliphatic rings. The average Bonchev–Trinajstić information content (AvgIpc) is 2.79. The van der Waals surface area contributed by atoms with Gasteiger partial charge in [-0.1, -0.05) is 33.6 Å². The van der Waals surface area contributed by atoms with Gasteiger partial charge in [0.15, 0.2) is 0 Å². The molecule has 0 bridgehead atoms. The zero-order chi connectivity index (χ0) is 13.7. The molecule has 1 rings (SSSR count). The van der Waals surface area contributed by atoms with Crippen LogP contribution in [-0.2, 0) is 9.59 Å². The first-order valence-electron chi connectivity index (χ1n) is 7.02. The summed E-state index contributed by atoms with van der Waals surface area (Å²) in [6.45, 7) is 6.18. The highest BCUT2D eigenvalue weighted by molar-refractivity contribution is 5.79. The number of nitrogens with one attached hydrogen (secondary N) is 1. The molecular formula is C14H25NO3. The topological polar surface area (TPSA) is 66.4 Å². The van der Waals surface area contributed by atoms with Crippen molar-refractivity contribution in [1.82, 2.24) is 5.32 Å². The summed E-state index contributed by atoms with van der Waals surface area (Å²) in [5.74, 6) is -0.496. The first-order chi connectivity index (χ1) is 8.49. The van der Waals surface area contributed by atoms with Crippen molar-refractivity contribution in [3.8, 4) is 0 Å². The number of aliphatic carboxylic acids is 1. The average molecular weight is 255 g/mol. The summed E-state index contributed by atoms with van der Waals surface area (Å²) in [4.78, 5) is 22.9. The molecule has 1 unspecified atom stereocenters. The van der Waals surface area contributed by atoms with E-state index < -0.39 is 5.97 Å². The SMILES string of the molecule is CCC(CC)C(C)C(=O)N[C@@H]1CC[C@H](C(=O)O)C1. The van der Waals surface area contributed by atoms with Crippen molar-refractivity contribution < 1.29 is 14.7 Å². The molecule has 18 heavy (non-hydrogen) atoms. The molecule has 4 nitrogen and oxygen atoms in total. The van der Waals surface area contributed by atoms with E-state index in [2.05, 4.69) is 19.2 Å². The maximum Gasteiger partial charge on any atom is 0.306 e. The summed E-state index contributed by atoms with van der Waals surface area (Å²) in [6, 6.07) is 0.0513. The van der Waals surface area contributed by atoms with Crippen LogP contribution in [0.15, 0.2) is 0 Å². The van der Waals surface area contributed by atoms with Gasteiger partial charge in [-0.2, -0.15) is 0 Å². The van der Waals surface area contributed by atoms with E-state index in [0.29, 0.717) is 18.8 Å². The number of hydrogen-bond acceptors (Lipinski definition) is 2. The van der Waals surface area contributed by atoms with Gasteiger partial charge in [-0.3, -0.25) is 9.59 Å². The third kappa shape index (κ3) is 3.72. The summed E-state index contributed by atoms with van der Waals surface area (Å²) in [5.41, 5.74) is 0. The molecule has 0 heterocycles. The molecule has 0 aromatic rings. The van der Waals surface area contributed by atoms with Crippen molar-refractivity contribution in [2.24, 2.45) is 17.8 Å². The van der Waals surface area contributed by atoms with Gasteiger partial charge < -0.3 is 10.4 Å².